The third-order valence-corrected chi connectivity index (χ3v) is 5.23. The number of carbonyl (C=O) groups excluding carboxylic acids is 5. The molecule has 0 aliphatic heterocycles. The lowest BCUT2D eigenvalue weighted by Gasteiger charge is -2.21. The van der Waals surface area contributed by atoms with Crippen molar-refractivity contribution in [3.8, 4) is 0 Å². The number of hydrogen-bond acceptors (Lipinski definition) is 7. The van der Waals surface area contributed by atoms with Gasteiger partial charge in [-0.3, -0.25) is 24.0 Å². The molecule has 2 rings (SSSR count). The Bertz CT molecular complexity index is 1150. The van der Waals surface area contributed by atoms with Crippen molar-refractivity contribution in [2.45, 2.75) is 43.8 Å². The zero-order valence-electron chi connectivity index (χ0n) is 19.3. The lowest BCUT2D eigenvalue weighted by Crippen LogP contribution is -2.54. The number of benzene rings is 1. The molecule has 194 valence electrons. The Morgan fingerprint density at radius 1 is 0.944 bits per heavy atom. The molecule has 2 aromatic rings. The van der Waals surface area contributed by atoms with Gasteiger partial charge in [0.1, 0.15) is 12.1 Å². The summed E-state index contributed by atoms with van der Waals surface area (Å²) in [4.78, 5) is 73.8. The minimum atomic E-state index is -1.51. The first kappa shape index (κ1) is 27.8. The highest BCUT2D eigenvalue weighted by Crippen LogP contribution is 2.18. The van der Waals surface area contributed by atoms with Gasteiger partial charge in [0.25, 0.3) is 0 Å². The quantitative estimate of drug-likeness (QED) is 0.135. The van der Waals surface area contributed by atoms with Crippen LogP contribution < -0.4 is 33.2 Å². The number of H-pyrrole nitrogens is 1. The molecule has 0 spiro atoms. The third-order valence-electron chi connectivity index (χ3n) is 5.23. The number of aromatic nitrogens is 1. The molecule has 0 aliphatic carbocycles. The van der Waals surface area contributed by atoms with Crippen molar-refractivity contribution in [1.82, 2.24) is 20.9 Å². The van der Waals surface area contributed by atoms with E-state index >= 15 is 0 Å². The van der Waals surface area contributed by atoms with Gasteiger partial charge in [-0.25, -0.2) is 4.79 Å². The van der Waals surface area contributed by atoms with Crippen LogP contribution >= 0.6 is 0 Å². The van der Waals surface area contributed by atoms with Crippen LogP contribution in [0, 0.1) is 0 Å². The number of rotatable bonds is 14. The van der Waals surface area contributed by atoms with Crippen molar-refractivity contribution in [3.05, 3.63) is 36.0 Å². The first-order chi connectivity index (χ1) is 17.0. The largest absolute Gasteiger partial charge is 0.480 e. The summed E-state index contributed by atoms with van der Waals surface area (Å²) in [5.41, 5.74) is 17.8. The molecular formula is C22H29N7O7. The Kier molecular flexibility index (Phi) is 9.92. The average molecular weight is 504 g/mol. The molecule has 0 saturated heterocycles. The molecule has 0 saturated carbocycles. The van der Waals surface area contributed by atoms with Crippen molar-refractivity contribution in [2.24, 2.45) is 17.2 Å². The van der Waals surface area contributed by atoms with Crippen molar-refractivity contribution in [3.63, 3.8) is 0 Å². The summed E-state index contributed by atoms with van der Waals surface area (Å²) in [5.74, 6) is -5.62. The number of nitrogens with one attached hydrogen (secondary N) is 4. The number of carbonyl (C=O) groups is 6. The zero-order chi connectivity index (χ0) is 26.8. The predicted octanol–water partition coefficient (Wildman–Crippen LogP) is -2.65. The second-order valence-corrected chi connectivity index (χ2v) is 8.08. The van der Waals surface area contributed by atoms with E-state index < -0.39 is 66.6 Å². The van der Waals surface area contributed by atoms with Gasteiger partial charge in [-0.15, -0.1) is 0 Å². The molecule has 11 N–H and O–H groups in total. The second kappa shape index (κ2) is 12.9. The summed E-state index contributed by atoms with van der Waals surface area (Å²) in [6, 6.07) is 3.51. The molecule has 5 amide bonds. The summed E-state index contributed by atoms with van der Waals surface area (Å²) in [5, 5.41) is 16.8. The number of para-hydroxylation sites is 1. The lowest BCUT2D eigenvalue weighted by molar-refractivity contribution is -0.142. The topological polar surface area (TPSA) is 253 Å². The molecule has 3 atom stereocenters. The van der Waals surface area contributed by atoms with E-state index in [-0.39, 0.29) is 19.3 Å². The maximum absolute atomic E-state index is 12.5. The normalized spacial score (nSPS) is 13.2. The predicted molar refractivity (Wildman–Crippen MR) is 127 cm³/mol. The van der Waals surface area contributed by atoms with Crippen LogP contribution in [-0.2, 0) is 35.2 Å². The minimum Gasteiger partial charge on any atom is -0.480 e. The van der Waals surface area contributed by atoms with Crippen LogP contribution in [0.5, 0.6) is 0 Å². The SMILES string of the molecule is NC(=O)CCC(NC(=O)C(CC(N)=O)NC(=O)CNC(=O)C(N)Cc1c[nH]c2ccccc12)C(=O)O. The van der Waals surface area contributed by atoms with Crippen molar-refractivity contribution in [2.75, 3.05) is 6.54 Å². The van der Waals surface area contributed by atoms with Gasteiger partial charge in [0.2, 0.25) is 29.5 Å². The third kappa shape index (κ3) is 8.39. The molecule has 14 nitrogen and oxygen atoms in total. The van der Waals surface area contributed by atoms with Crippen LogP contribution in [0.25, 0.3) is 10.9 Å². The fourth-order valence-electron chi connectivity index (χ4n) is 3.40. The Balaban J connectivity index is 1.92. The van der Waals surface area contributed by atoms with Crippen molar-refractivity contribution < 1.29 is 33.9 Å². The Morgan fingerprint density at radius 2 is 1.64 bits per heavy atom. The van der Waals surface area contributed by atoms with E-state index in [0.717, 1.165) is 16.5 Å². The van der Waals surface area contributed by atoms with E-state index in [1.165, 1.54) is 0 Å². The van der Waals surface area contributed by atoms with Gasteiger partial charge in [0.15, 0.2) is 0 Å². The maximum atomic E-state index is 12.5. The van der Waals surface area contributed by atoms with Gasteiger partial charge in [0, 0.05) is 23.5 Å². The number of aromatic amines is 1. The average Bonchev–Trinajstić information content (AvgIpc) is 3.21. The number of aliphatic carboxylic acids is 1. The smallest absolute Gasteiger partial charge is 0.326 e. The molecule has 1 aromatic heterocycles. The van der Waals surface area contributed by atoms with Crippen molar-refractivity contribution >= 4 is 46.4 Å². The first-order valence-electron chi connectivity index (χ1n) is 10.9. The van der Waals surface area contributed by atoms with E-state index in [2.05, 4.69) is 20.9 Å². The number of amides is 5. The van der Waals surface area contributed by atoms with Crippen LogP contribution in [0.4, 0.5) is 0 Å². The standard InChI is InChI=1S/C22H29N7O7/c23-13(7-11-9-26-14-4-2-1-3-12(11)14)20(33)27-10-19(32)28-16(8-18(25)31)21(34)29-15(22(35)36)5-6-17(24)30/h1-4,9,13,15-16,26H,5-8,10,23H2,(H2,24,30)(H2,25,31)(H,27,33)(H,28,32)(H,29,34)(H,35,36). The summed E-state index contributed by atoms with van der Waals surface area (Å²) in [6.07, 6.45) is 0.706. The molecule has 36 heavy (non-hydrogen) atoms. The number of carboxylic acid groups (broad SMARTS) is 1. The fraction of sp³-hybridized carbons (Fsp3) is 0.364. The number of primary amides is 2. The summed E-state index contributed by atoms with van der Waals surface area (Å²) in [7, 11) is 0. The van der Waals surface area contributed by atoms with Crippen molar-refractivity contribution in [1.29, 1.82) is 0 Å². The van der Waals surface area contributed by atoms with Gasteiger partial charge in [-0.05, 0) is 24.5 Å². The molecule has 0 aliphatic rings. The number of carboxylic acids is 1. The maximum Gasteiger partial charge on any atom is 0.326 e. The highest BCUT2D eigenvalue weighted by Gasteiger charge is 2.28. The van der Waals surface area contributed by atoms with Gasteiger partial charge in [-0.2, -0.15) is 0 Å². The monoisotopic (exact) mass is 503 g/mol. The van der Waals surface area contributed by atoms with Crippen LogP contribution in [0.15, 0.2) is 30.5 Å². The van der Waals surface area contributed by atoms with E-state index in [4.69, 9.17) is 17.2 Å². The minimum absolute atomic E-state index is 0.200. The zero-order valence-corrected chi connectivity index (χ0v) is 19.3. The van der Waals surface area contributed by atoms with E-state index in [0.29, 0.717) is 0 Å². The molecular weight excluding hydrogens is 474 g/mol. The molecule has 3 unspecified atom stereocenters. The van der Waals surface area contributed by atoms with Gasteiger partial charge >= 0.3 is 5.97 Å². The molecule has 0 bridgehead atoms. The van der Waals surface area contributed by atoms with Gasteiger partial charge in [0.05, 0.1) is 19.0 Å². The van der Waals surface area contributed by atoms with Crippen LogP contribution in [-0.4, -0.2) is 70.3 Å². The number of nitrogens with two attached hydrogens (primary N) is 3. The molecule has 1 heterocycles. The molecule has 0 fully saturated rings. The first-order valence-corrected chi connectivity index (χ1v) is 10.9. The van der Waals surface area contributed by atoms with E-state index in [1.807, 2.05) is 24.3 Å². The Morgan fingerprint density at radius 3 is 2.28 bits per heavy atom. The van der Waals surface area contributed by atoms with Crippen LogP contribution in [0.2, 0.25) is 0 Å². The fourth-order valence-corrected chi connectivity index (χ4v) is 3.40. The van der Waals surface area contributed by atoms with E-state index in [1.54, 1.807) is 6.20 Å². The Hall–Kier alpha value is -4.46. The number of fused-ring (bicyclic) bond motifs is 1. The molecule has 1 aromatic carbocycles. The summed E-state index contributed by atoms with van der Waals surface area (Å²) < 4.78 is 0. The Labute approximate surface area is 205 Å². The highest BCUT2D eigenvalue weighted by molar-refractivity contribution is 5.95. The highest BCUT2D eigenvalue weighted by atomic mass is 16.4. The lowest BCUT2D eigenvalue weighted by atomic mass is 10.1. The van der Waals surface area contributed by atoms with Crippen LogP contribution in [0.1, 0.15) is 24.8 Å². The van der Waals surface area contributed by atoms with Crippen LogP contribution in [0.3, 0.4) is 0 Å². The van der Waals surface area contributed by atoms with Gasteiger partial charge < -0.3 is 43.2 Å². The van der Waals surface area contributed by atoms with E-state index in [9.17, 15) is 33.9 Å². The molecule has 0 radical (unpaired) electrons. The summed E-state index contributed by atoms with van der Waals surface area (Å²) in [6.45, 7) is -0.563. The number of hydrogen-bond donors (Lipinski definition) is 8. The second-order valence-electron chi connectivity index (χ2n) is 8.08. The molecule has 14 heteroatoms. The summed E-state index contributed by atoms with van der Waals surface area (Å²) >= 11 is 0. The van der Waals surface area contributed by atoms with Gasteiger partial charge in [-0.1, -0.05) is 18.2 Å².